The molecular formula is C17H24N2OS. The van der Waals surface area contributed by atoms with Crippen molar-refractivity contribution in [2.45, 2.75) is 55.6 Å². The Balaban J connectivity index is 1.78. The van der Waals surface area contributed by atoms with Crippen LogP contribution in [0.1, 0.15) is 41.6 Å². The highest BCUT2D eigenvalue weighted by atomic mass is 32.2. The van der Waals surface area contributed by atoms with Crippen molar-refractivity contribution in [2.24, 2.45) is 0 Å². The minimum Gasteiger partial charge on any atom is -0.339 e. The minimum atomic E-state index is 0.176. The molecule has 4 heteroatoms. The van der Waals surface area contributed by atoms with Gasteiger partial charge in [0, 0.05) is 35.6 Å². The summed E-state index contributed by atoms with van der Waals surface area (Å²) in [4.78, 5) is 16.0. The number of thioether (sulfide) groups is 1. The SMILES string of the molecule is CSc1ccc(C)c(C(=O)N(C)C2CC3CCC(C2)N3)c1. The summed E-state index contributed by atoms with van der Waals surface area (Å²) in [5.74, 6) is 0.176. The number of amides is 1. The van der Waals surface area contributed by atoms with E-state index >= 15 is 0 Å². The quantitative estimate of drug-likeness (QED) is 0.871. The summed E-state index contributed by atoms with van der Waals surface area (Å²) in [6.45, 7) is 2.03. The van der Waals surface area contributed by atoms with E-state index in [0.29, 0.717) is 18.1 Å². The number of hydrogen-bond donors (Lipinski definition) is 1. The maximum absolute atomic E-state index is 12.9. The van der Waals surface area contributed by atoms with Crippen molar-refractivity contribution < 1.29 is 4.79 Å². The molecule has 2 fully saturated rings. The van der Waals surface area contributed by atoms with Crippen molar-refractivity contribution in [3.05, 3.63) is 29.3 Å². The lowest BCUT2D eigenvalue weighted by atomic mass is 9.97. The number of nitrogens with zero attached hydrogens (tertiary/aromatic N) is 1. The molecule has 0 aromatic heterocycles. The molecule has 0 saturated carbocycles. The molecule has 0 radical (unpaired) electrons. The van der Waals surface area contributed by atoms with Crippen molar-refractivity contribution in [2.75, 3.05) is 13.3 Å². The third kappa shape index (κ3) is 2.97. The Bertz CT molecular complexity index is 534. The Kier molecular flexibility index (Phi) is 4.27. The Hall–Kier alpha value is -1.00. The van der Waals surface area contributed by atoms with Crippen molar-refractivity contribution >= 4 is 17.7 Å². The van der Waals surface area contributed by atoms with E-state index in [-0.39, 0.29) is 5.91 Å². The number of benzene rings is 1. The predicted octanol–water partition coefficient (Wildman–Crippen LogP) is 3.07. The second-order valence-corrected chi connectivity index (χ2v) is 7.24. The molecular weight excluding hydrogens is 280 g/mol. The van der Waals surface area contributed by atoms with Crippen LogP contribution in [0.2, 0.25) is 0 Å². The molecule has 2 atom stereocenters. The molecule has 3 nitrogen and oxygen atoms in total. The molecule has 3 rings (SSSR count). The first kappa shape index (κ1) is 14.9. The monoisotopic (exact) mass is 304 g/mol. The number of piperidine rings is 1. The second kappa shape index (κ2) is 6.01. The van der Waals surface area contributed by atoms with Crippen molar-refractivity contribution in [1.29, 1.82) is 0 Å². The lowest BCUT2D eigenvalue weighted by Gasteiger charge is -2.35. The standard InChI is InChI=1S/C17H24N2OS/c1-11-4-7-15(21-3)10-16(11)17(20)19(2)14-8-12-5-6-13(9-14)18-12/h4,7,10,12-14,18H,5-6,8-9H2,1-3H3. The van der Waals surface area contributed by atoms with Crippen LogP contribution in [-0.4, -0.2) is 42.2 Å². The van der Waals surface area contributed by atoms with Gasteiger partial charge in [0.25, 0.3) is 5.91 Å². The van der Waals surface area contributed by atoms with E-state index in [1.54, 1.807) is 11.8 Å². The van der Waals surface area contributed by atoms with Crippen molar-refractivity contribution in [1.82, 2.24) is 10.2 Å². The summed E-state index contributed by atoms with van der Waals surface area (Å²) in [5, 5.41) is 3.64. The maximum Gasteiger partial charge on any atom is 0.254 e. The highest BCUT2D eigenvalue weighted by Crippen LogP contribution is 2.30. The zero-order chi connectivity index (χ0) is 15.0. The largest absolute Gasteiger partial charge is 0.339 e. The first-order chi connectivity index (χ1) is 10.1. The molecule has 2 aliphatic heterocycles. The van der Waals surface area contributed by atoms with Gasteiger partial charge in [-0.15, -0.1) is 11.8 Å². The highest BCUT2D eigenvalue weighted by Gasteiger charge is 2.36. The lowest BCUT2D eigenvalue weighted by Crippen LogP contribution is -2.48. The summed E-state index contributed by atoms with van der Waals surface area (Å²) < 4.78 is 0. The zero-order valence-corrected chi connectivity index (χ0v) is 13.9. The van der Waals surface area contributed by atoms with Gasteiger partial charge in [0.2, 0.25) is 0 Å². The van der Waals surface area contributed by atoms with Gasteiger partial charge < -0.3 is 10.2 Å². The number of rotatable bonds is 3. The molecule has 2 aliphatic rings. The molecule has 2 unspecified atom stereocenters. The molecule has 1 aromatic carbocycles. The normalized spacial score (nSPS) is 27.7. The fourth-order valence-corrected chi connectivity index (χ4v) is 4.10. The molecule has 2 saturated heterocycles. The van der Waals surface area contributed by atoms with E-state index in [4.69, 9.17) is 0 Å². The average Bonchev–Trinajstić information content (AvgIpc) is 2.84. The third-order valence-electron chi connectivity index (χ3n) is 4.99. The van der Waals surface area contributed by atoms with Crippen LogP contribution in [0.3, 0.4) is 0 Å². The second-order valence-electron chi connectivity index (χ2n) is 6.36. The van der Waals surface area contributed by atoms with E-state index in [1.165, 1.54) is 12.8 Å². The van der Waals surface area contributed by atoms with E-state index in [2.05, 4.69) is 17.4 Å². The van der Waals surface area contributed by atoms with Gasteiger partial charge in [-0.2, -0.15) is 0 Å². The molecule has 1 amide bonds. The van der Waals surface area contributed by atoms with Gasteiger partial charge >= 0.3 is 0 Å². The van der Waals surface area contributed by atoms with E-state index in [0.717, 1.165) is 28.9 Å². The fourth-order valence-electron chi connectivity index (χ4n) is 3.66. The Morgan fingerprint density at radius 2 is 1.95 bits per heavy atom. The van der Waals surface area contributed by atoms with Gasteiger partial charge in [-0.05, 0) is 56.6 Å². The van der Waals surface area contributed by atoms with Crippen LogP contribution in [0.4, 0.5) is 0 Å². The number of carbonyl (C=O) groups excluding carboxylic acids is 1. The van der Waals surface area contributed by atoms with Crippen LogP contribution in [0.15, 0.2) is 23.1 Å². The van der Waals surface area contributed by atoms with Crippen molar-refractivity contribution in [3.8, 4) is 0 Å². The van der Waals surface area contributed by atoms with Gasteiger partial charge in [0.1, 0.15) is 0 Å². The molecule has 114 valence electrons. The summed E-state index contributed by atoms with van der Waals surface area (Å²) in [7, 11) is 1.98. The molecule has 1 aromatic rings. The number of hydrogen-bond acceptors (Lipinski definition) is 3. The van der Waals surface area contributed by atoms with E-state index in [1.807, 2.05) is 31.2 Å². The van der Waals surface area contributed by atoms with Crippen LogP contribution in [0, 0.1) is 6.92 Å². The predicted molar refractivity (Wildman–Crippen MR) is 88.0 cm³/mol. The molecule has 2 heterocycles. The van der Waals surface area contributed by atoms with E-state index < -0.39 is 0 Å². The molecule has 1 N–H and O–H groups in total. The number of nitrogens with one attached hydrogen (secondary N) is 1. The summed E-state index contributed by atoms with van der Waals surface area (Å²) in [6.07, 6.45) is 6.78. The number of carbonyl (C=O) groups is 1. The van der Waals surface area contributed by atoms with Gasteiger partial charge in [0.15, 0.2) is 0 Å². The topological polar surface area (TPSA) is 32.3 Å². The first-order valence-electron chi connectivity index (χ1n) is 7.76. The van der Waals surface area contributed by atoms with Crippen molar-refractivity contribution in [3.63, 3.8) is 0 Å². The number of aryl methyl sites for hydroxylation is 1. The fraction of sp³-hybridized carbons (Fsp3) is 0.588. The molecule has 2 bridgehead atoms. The summed E-state index contributed by atoms with van der Waals surface area (Å²) >= 11 is 1.69. The van der Waals surface area contributed by atoms with Gasteiger partial charge in [0.05, 0.1) is 0 Å². The van der Waals surface area contributed by atoms with Gasteiger partial charge in [-0.25, -0.2) is 0 Å². The minimum absolute atomic E-state index is 0.176. The van der Waals surface area contributed by atoms with Gasteiger partial charge in [-0.3, -0.25) is 4.79 Å². The van der Waals surface area contributed by atoms with Crippen LogP contribution < -0.4 is 5.32 Å². The Morgan fingerprint density at radius 1 is 1.29 bits per heavy atom. The number of fused-ring (bicyclic) bond motifs is 2. The third-order valence-corrected chi connectivity index (χ3v) is 5.72. The lowest BCUT2D eigenvalue weighted by molar-refractivity contribution is 0.0680. The van der Waals surface area contributed by atoms with Crippen LogP contribution in [-0.2, 0) is 0 Å². The Morgan fingerprint density at radius 3 is 2.57 bits per heavy atom. The smallest absolute Gasteiger partial charge is 0.254 e. The summed E-state index contributed by atoms with van der Waals surface area (Å²) in [6, 6.07) is 7.79. The van der Waals surface area contributed by atoms with Crippen LogP contribution in [0.5, 0.6) is 0 Å². The molecule has 0 aliphatic carbocycles. The first-order valence-corrected chi connectivity index (χ1v) is 8.99. The van der Waals surface area contributed by atoms with Gasteiger partial charge in [-0.1, -0.05) is 6.07 Å². The Labute approximate surface area is 131 Å². The average molecular weight is 304 g/mol. The van der Waals surface area contributed by atoms with E-state index in [9.17, 15) is 4.79 Å². The van der Waals surface area contributed by atoms with Crippen LogP contribution in [0.25, 0.3) is 0 Å². The highest BCUT2D eigenvalue weighted by molar-refractivity contribution is 7.98. The van der Waals surface area contributed by atoms with Crippen LogP contribution >= 0.6 is 11.8 Å². The zero-order valence-electron chi connectivity index (χ0n) is 13.1. The molecule has 0 spiro atoms. The molecule has 21 heavy (non-hydrogen) atoms. The summed E-state index contributed by atoms with van der Waals surface area (Å²) in [5.41, 5.74) is 1.93. The maximum atomic E-state index is 12.9.